The molecule has 0 aliphatic carbocycles. The topological polar surface area (TPSA) is 31.2 Å². The lowest BCUT2D eigenvalue weighted by Gasteiger charge is -2.00. The van der Waals surface area contributed by atoms with E-state index in [-0.39, 0.29) is 5.97 Å². The Bertz CT molecular complexity index is 485. The van der Waals surface area contributed by atoms with Crippen LogP contribution in [0.4, 0.5) is 0 Å². The maximum atomic E-state index is 11.2. The van der Waals surface area contributed by atoms with Gasteiger partial charge in [-0.25, -0.2) is 4.79 Å². The lowest BCUT2D eigenvalue weighted by Crippen LogP contribution is -2.00. The average molecular weight is 189 g/mol. The maximum Gasteiger partial charge on any atom is 0.337 e. The van der Waals surface area contributed by atoms with Crippen molar-refractivity contribution in [3.8, 4) is 0 Å². The highest BCUT2D eigenvalue weighted by Gasteiger charge is 2.06. The molecule has 0 saturated carbocycles. The molecule has 14 heavy (non-hydrogen) atoms. The SMILES string of the molecule is COC(=O)c1ccc2c(ccn2C)c1. The third-order valence-electron chi connectivity index (χ3n) is 2.31. The quantitative estimate of drug-likeness (QED) is 0.642. The first-order valence-corrected chi connectivity index (χ1v) is 4.36. The van der Waals surface area contributed by atoms with E-state index in [1.54, 1.807) is 6.07 Å². The van der Waals surface area contributed by atoms with Gasteiger partial charge in [-0.15, -0.1) is 0 Å². The molecule has 0 unspecified atom stereocenters. The molecular formula is C11H11NO2. The molecular weight excluding hydrogens is 178 g/mol. The molecule has 2 rings (SSSR count). The van der Waals surface area contributed by atoms with Crippen LogP contribution in [0.25, 0.3) is 10.9 Å². The number of nitrogens with zero attached hydrogens (tertiary/aromatic N) is 1. The minimum Gasteiger partial charge on any atom is -0.465 e. The molecule has 0 radical (unpaired) electrons. The summed E-state index contributed by atoms with van der Waals surface area (Å²) in [6, 6.07) is 7.50. The van der Waals surface area contributed by atoms with E-state index in [1.807, 2.05) is 36.0 Å². The van der Waals surface area contributed by atoms with Crippen molar-refractivity contribution in [2.45, 2.75) is 0 Å². The van der Waals surface area contributed by atoms with Gasteiger partial charge in [0.2, 0.25) is 0 Å². The van der Waals surface area contributed by atoms with Crippen LogP contribution in [0.1, 0.15) is 10.4 Å². The molecule has 0 fully saturated rings. The van der Waals surface area contributed by atoms with Gasteiger partial charge in [0, 0.05) is 24.1 Å². The molecule has 2 aromatic rings. The zero-order chi connectivity index (χ0) is 10.1. The zero-order valence-corrected chi connectivity index (χ0v) is 8.15. The molecule has 72 valence electrons. The van der Waals surface area contributed by atoms with Crippen LogP contribution in [0, 0.1) is 0 Å². The van der Waals surface area contributed by atoms with Gasteiger partial charge in [0.15, 0.2) is 0 Å². The van der Waals surface area contributed by atoms with Gasteiger partial charge in [-0.1, -0.05) is 0 Å². The molecule has 0 N–H and O–H groups in total. The van der Waals surface area contributed by atoms with Crippen molar-refractivity contribution >= 4 is 16.9 Å². The van der Waals surface area contributed by atoms with Crippen LogP contribution in [0.2, 0.25) is 0 Å². The first-order valence-electron chi connectivity index (χ1n) is 4.36. The fourth-order valence-corrected chi connectivity index (χ4v) is 1.53. The predicted octanol–water partition coefficient (Wildman–Crippen LogP) is 1.96. The van der Waals surface area contributed by atoms with E-state index in [0.717, 1.165) is 10.9 Å². The molecule has 1 aromatic carbocycles. The highest BCUT2D eigenvalue weighted by atomic mass is 16.5. The molecule has 0 bridgehead atoms. The van der Waals surface area contributed by atoms with Gasteiger partial charge in [-0.3, -0.25) is 0 Å². The van der Waals surface area contributed by atoms with Crippen LogP contribution in [0.5, 0.6) is 0 Å². The zero-order valence-electron chi connectivity index (χ0n) is 8.15. The number of benzene rings is 1. The fraction of sp³-hybridized carbons (Fsp3) is 0.182. The second-order valence-corrected chi connectivity index (χ2v) is 3.19. The number of hydrogen-bond acceptors (Lipinski definition) is 2. The highest BCUT2D eigenvalue weighted by Crippen LogP contribution is 2.16. The van der Waals surface area contributed by atoms with Crippen LogP contribution in [-0.2, 0) is 11.8 Å². The van der Waals surface area contributed by atoms with E-state index >= 15 is 0 Å². The summed E-state index contributed by atoms with van der Waals surface area (Å²) in [4.78, 5) is 11.2. The number of aryl methyl sites for hydroxylation is 1. The monoisotopic (exact) mass is 189 g/mol. The summed E-state index contributed by atoms with van der Waals surface area (Å²) in [5.74, 6) is -0.296. The summed E-state index contributed by atoms with van der Waals surface area (Å²) in [6.45, 7) is 0. The van der Waals surface area contributed by atoms with Gasteiger partial charge in [0.05, 0.1) is 12.7 Å². The van der Waals surface area contributed by atoms with E-state index in [2.05, 4.69) is 4.74 Å². The molecule has 3 nitrogen and oxygen atoms in total. The maximum absolute atomic E-state index is 11.2. The Labute approximate surface area is 81.9 Å². The largest absolute Gasteiger partial charge is 0.465 e. The van der Waals surface area contributed by atoms with E-state index in [9.17, 15) is 4.79 Å². The Morgan fingerprint density at radius 1 is 1.36 bits per heavy atom. The molecule has 0 aliphatic heterocycles. The minimum atomic E-state index is -0.296. The number of ether oxygens (including phenoxy) is 1. The lowest BCUT2D eigenvalue weighted by molar-refractivity contribution is 0.0601. The number of esters is 1. The van der Waals surface area contributed by atoms with Gasteiger partial charge >= 0.3 is 5.97 Å². The normalized spacial score (nSPS) is 10.4. The van der Waals surface area contributed by atoms with Crippen molar-refractivity contribution in [1.82, 2.24) is 4.57 Å². The molecule has 0 amide bonds. The molecule has 0 atom stereocenters. The number of methoxy groups -OCH3 is 1. The van der Waals surface area contributed by atoms with Crippen molar-refractivity contribution in [3.63, 3.8) is 0 Å². The van der Waals surface area contributed by atoms with E-state index < -0.39 is 0 Å². The number of fused-ring (bicyclic) bond motifs is 1. The average Bonchev–Trinajstić information content (AvgIpc) is 2.59. The molecule has 0 aliphatic rings. The molecule has 0 spiro atoms. The lowest BCUT2D eigenvalue weighted by atomic mass is 10.1. The first kappa shape index (κ1) is 8.81. The first-order chi connectivity index (χ1) is 6.72. The Morgan fingerprint density at radius 2 is 2.14 bits per heavy atom. The summed E-state index contributed by atoms with van der Waals surface area (Å²) < 4.78 is 6.66. The number of hydrogen-bond donors (Lipinski definition) is 0. The fourth-order valence-electron chi connectivity index (χ4n) is 1.53. The number of rotatable bonds is 1. The van der Waals surface area contributed by atoms with Gasteiger partial charge in [-0.2, -0.15) is 0 Å². The standard InChI is InChI=1S/C11H11NO2/c1-12-6-5-8-7-9(11(13)14-2)3-4-10(8)12/h3-7H,1-2H3. The Morgan fingerprint density at radius 3 is 2.86 bits per heavy atom. The summed E-state index contributed by atoms with van der Waals surface area (Å²) in [6.07, 6.45) is 1.96. The Hall–Kier alpha value is -1.77. The molecule has 0 saturated heterocycles. The second kappa shape index (κ2) is 3.18. The Balaban J connectivity index is 2.57. The van der Waals surface area contributed by atoms with E-state index in [0.29, 0.717) is 5.56 Å². The number of aromatic nitrogens is 1. The third kappa shape index (κ3) is 1.27. The second-order valence-electron chi connectivity index (χ2n) is 3.19. The smallest absolute Gasteiger partial charge is 0.337 e. The van der Waals surface area contributed by atoms with Crippen LogP contribution >= 0.6 is 0 Å². The summed E-state index contributed by atoms with van der Waals surface area (Å²) in [5.41, 5.74) is 1.70. The number of carbonyl (C=O) groups excluding carboxylic acids is 1. The highest BCUT2D eigenvalue weighted by molar-refractivity contribution is 5.94. The van der Waals surface area contributed by atoms with Gasteiger partial charge in [0.25, 0.3) is 0 Å². The third-order valence-corrected chi connectivity index (χ3v) is 2.31. The molecule has 1 heterocycles. The predicted molar refractivity (Wildman–Crippen MR) is 54.3 cm³/mol. The van der Waals surface area contributed by atoms with Crippen molar-refractivity contribution in [2.75, 3.05) is 7.11 Å². The molecule has 1 aromatic heterocycles. The van der Waals surface area contributed by atoms with Crippen molar-refractivity contribution in [3.05, 3.63) is 36.0 Å². The Kier molecular flexibility index (Phi) is 2.00. The van der Waals surface area contributed by atoms with Crippen molar-refractivity contribution < 1.29 is 9.53 Å². The van der Waals surface area contributed by atoms with Gasteiger partial charge in [-0.05, 0) is 24.3 Å². The van der Waals surface area contributed by atoms with E-state index in [1.165, 1.54) is 7.11 Å². The van der Waals surface area contributed by atoms with Crippen LogP contribution < -0.4 is 0 Å². The van der Waals surface area contributed by atoms with Crippen LogP contribution in [0.15, 0.2) is 30.5 Å². The summed E-state index contributed by atoms with van der Waals surface area (Å²) in [7, 11) is 3.36. The minimum absolute atomic E-state index is 0.296. The van der Waals surface area contributed by atoms with Crippen LogP contribution in [-0.4, -0.2) is 17.6 Å². The van der Waals surface area contributed by atoms with Gasteiger partial charge in [0.1, 0.15) is 0 Å². The van der Waals surface area contributed by atoms with Gasteiger partial charge < -0.3 is 9.30 Å². The summed E-state index contributed by atoms with van der Waals surface area (Å²) >= 11 is 0. The number of carbonyl (C=O) groups is 1. The van der Waals surface area contributed by atoms with Crippen LogP contribution in [0.3, 0.4) is 0 Å². The van der Waals surface area contributed by atoms with Crippen molar-refractivity contribution in [1.29, 1.82) is 0 Å². The summed E-state index contributed by atoms with van der Waals surface area (Å²) in [5, 5.41) is 1.05. The van der Waals surface area contributed by atoms with E-state index in [4.69, 9.17) is 0 Å². The van der Waals surface area contributed by atoms with Crippen molar-refractivity contribution in [2.24, 2.45) is 7.05 Å². The molecule has 3 heteroatoms.